The Balaban J connectivity index is 3.61. The Morgan fingerprint density at radius 2 is 1.36 bits per heavy atom. The molecule has 0 unspecified atom stereocenters. The molecule has 0 fully saturated rings. The van der Waals surface area contributed by atoms with Crippen molar-refractivity contribution in [3.63, 3.8) is 0 Å². The molecule has 0 aliphatic rings. The minimum absolute atomic E-state index is 0.0321. The number of ether oxygens (including phenoxy) is 1. The van der Waals surface area contributed by atoms with E-state index in [9.17, 15) is 4.79 Å². The predicted molar refractivity (Wildman–Crippen MR) is 102 cm³/mol. The fourth-order valence-corrected chi connectivity index (χ4v) is 15.1. The maximum absolute atomic E-state index is 11.8. The summed E-state index contributed by atoms with van der Waals surface area (Å²) in [6.45, 7) is 7.40. The van der Waals surface area contributed by atoms with Crippen LogP contribution in [-0.2, 0) is 9.53 Å². The quantitative estimate of drug-likeness (QED) is 0.163. The van der Waals surface area contributed by atoms with Gasteiger partial charge in [0.2, 0.25) is 0 Å². The zero-order chi connectivity index (χ0) is 16.5. The van der Waals surface area contributed by atoms with Crippen LogP contribution in [0.1, 0.15) is 85.0 Å². The molecule has 2 nitrogen and oxygen atoms in total. The average Bonchev–Trinajstić information content (AvgIpc) is 2.53. The summed E-state index contributed by atoms with van der Waals surface area (Å²) in [5.74, 6) is 0.655. The summed E-state index contributed by atoms with van der Waals surface area (Å²) >= 11 is -1.36. The average molecular weight is 436 g/mol. The number of hydrogen-bond donors (Lipinski definition) is 0. The Bertz CT molecular complexity index is 241. The summed E-state index contributed by atoms with van der Waals surface area (Å²) in [6, 6.07) is 0. The Hall–Kier alpha value is 0.619. The molecule has 0 amide bonds. The standard InChI is InChI=1S/C10H20O2S.2C4H9.Sn/c1-2-3-4-5-6-7-8-12-10(11)9-13;2*1-3-4-2;/h13H,2-9H2,1H3;2*1,3-4H2,2H3;/q;;;+1/p-1. The van der Waals surface area contributed by atoms with Crippen molar-refractivity contribution < 1.29 is 9.53 Å². The second kappa shape index (κ2) is 18.0. The van der Waals surface area contributed by atoms with Crippen LogP contribution in [0, 0.1) is 0 Å². The van der Waals surface area contributed by atoms with Gasteiger partial charge in [0.1, 0.15) is 0 Å². The molecule has 0 aromatic rings. The summed E-state index contributed by atoms with van der Waals surface area (Å²) in [4.78, 5) is 11.8. The first-order valence-electron chi connectivity index (χ1n) is 9.37. The van der Waals surface area contributed by atoms with Crippen molar-refractivity contribution >= 4 is 33.3 Å². The van der Waals surface area contributed by atoms with Crippen LogP contribution in [0.15, 0.2) is 0 Å². The topological polar surface area (TPSA) is 26.3 Å². The van der Waals surface area contributed by atoms with Crippen LogP contribution in [0.2, 0.25) is 8.87 Å². The first-order chi connectivity index (χ1) is 10.7. The van der Waals surface area contributed by atoms with Gasteiger partial charge in [0.05, 0.1) is 0 Å². The van der Waals surface area contributed by atoms with E-state index in [2.05, 4.69) is 20.8 Å². The van der Waals surface area contributed by atoms with E-state index in [0.29, 0.717) is 12.4 Å². The second-order valence-corrected chi connectivity index (χ2v) is 18.9. The van der Waals surface area contributed by atoms with Gasteiger partial charge < -0.3 is 0 Å². The van der Waals surface area contributed by atoms with Crippen molar-refractivity contribution in [1.82, 2.24) is 0 Å². The second-order valence-electron chi connectivity index (χ2n) is 6.02. The molecule has 0 saturated carbocycles. The van der Waals surface area contributed by atoms with Gasteiger partial charge in [0, 0.05) is 0 Å². The van der Waals surface area contributed by atoms with E-state index in [0.717, 1.165) is 6.42 Å². The van der Waals surface area contributed by atoms with Gasteiger partial charge in [-0.15, -0.1) is 0 Å². The fourth-order valence-electron chi connectivity index (χ4n) is 2.29. The molecule has 0 spiro atoms. The van der Waals surface area contributed by atoms with Gasteiger partial charge in [0.25, 0.3) is 0 Å². The van der Waals surface area contributed by atoms with Crippen molar-refractivity contribution in [3.8, 4) is 0 Å². The van der Waals surface area contributed by atoms with E-state index in [1.807, 2.05) is 8.95 Å². The summed E-state index contributed by atoms with van der Waals surface area (Å²) in [5.41, 5.74) is 0. The molecule has 131 valence electrons. The number of carbonyl (C=O) groups excluding carboxylic acids is 1. The number of carbonyl (C=O) groups is 1. The Labute approximate surface area is 148 Å². The van der Waals surface area contributed by atoms with Gasteiger partial charge in [0.15, 0.2) is 0 Å². The molecular formula is C18H37O2SSn. The van der Waals surface area contributed by atoms with E-state index in [1.54, 1.807) is 0 Å². The molecule has 0 N–H and O–H groups in total. The molecule has 0 bridgehead atoms. The third kappa shape index (κ3) is 15.5. The van der Waals surface area contributed by atoms with Crippen LogP contribution in [0.3, 0.4) is 0 Å². The van der Waals surface area contributed by atoms with E-state index in [-0.39, 0.29) is 5.97 Å². The van der Waals surface area contributed by atoms with Gasteiger partial charge in [-0.1, -0.05) is 0 Å². The van der Waals surface area contributed by atoms with Crippen molar-refractivity contribution in [3.05, 3.63) is 0 Å². The summed E-state index contributed by atoms with van der Waals surface area (Å²) in [5, 5.41) is 0. The van der Waals surface area contributed by atoms with Crippen molar-refractivity contribution in [1.29, 1.82) is 0 Å². The van der Waals surface area contributed by atoms with E-state index >= 15 is 0 Å². The van der Waals surface area contributed by atoms with Gasteiger partial charge in [-0.05, 0) is 0 Å². The Kier molecular flexibility index (Phi) is 18.5. The zero-order valence-corrected chi connectivity index (χ0v) is 18.8. The van der Waals surface area contributed by atoms with Gasteiger partial charge in [-0.3, -0.25) is 0 Å². The summed E-state index contributed by atoms with van der Waals surface area (Å²) in [7, 11) is 2.01. The molecule has 1 radical (unpaired) electrons. The van der Waals surface area contributed by atoms with Crippen LogP contribution in [0.4, 0.5) is 0 Å². The van der Waals surface area contributed by atoms with E-state index in [4.69, 9.17) is 4.74 Å². The third-order valence-corrected chi connectivity index (χ3v) is 17.2. The van der Waals surface area contributed by atoms with Crippen LogP contribution < -0.4 is 0 Å². The molecule has 0 aromatic heterocycles. The van der Waals surface area contributed by atoms with Gasteiger partial charge in [-0.25, -0.2) is 0 Å². The molecule has 0 aromatic carbocycles. The third-order valence-electron chi connectivity index (χ3n) is 3.77. The fraction of sp³-hybridized carbons (Fsp3) is 0.944. The molecule has 0 heterocycles. The summed E-state index contributed by atoms with van der Waals surface area (Å²) < 4.78 is 8.26. The van der Waals surface area contributed by atoms with Crippen LogP contribution in [0.5, 0.6) is 0 Å². The molecule has 0 saturated heterocycles. The number of hydrogen-bond acceptors (Lipinski definition) is 3. The summed E-state index contributed by atoms with van der Waals surface area (Å²) in [6.07, 6.45) is 12.8. The van der Waals surface area contributed by atoms with Gasteiger partial charge >= 0.3 is 149 Å². The van der Waals surface area contributed by atoms with Crippen LogP contribution in [0.25, 0.3) is 0 Å². The molecular weight excluding hydrogens is 399 g/mol. The molecule has 22 heavy (non-hydrogen) atoms. The number of unbranched alkanes of at least 4 members (excludes halogenated alkanes) is 7. The van der Waals surface area contributed by atoms with Crippen molar-refractivity contribution in [2.45, 2.75) is 93.9 Å². The molecule has 0 aliphatic heterocycles. The first-order valence-corrected chi connectivity index (χ1v) is 17.9. The molecule has 4 heteroatoms. The number of esters is 1. The SMILES string of the molecule is CCCCCCCCOC(=O)C[S][Sn]([CH2]CCC)[CH2]CCC. The van der Waals surface area contributed by atoms with Crippen molar-refractivity contribution in [2.24, 2.45) is 0 Å². The Morgan fingerprint density at radius 1 is 0.818 bits per heavy atom. The molecule has 0 aliphatic carbocycles. The zero-order valence-electron chi connectivity index (χ0n) is 15.1. The minimum atomic E-state index is -1.36. The predicted octanol–water partition coefficient (Wildman–Crippen LogP) is 6.22. The normalized spacial score (nSPS) is 11.1. The Morgan fingerprint density at radius 3 is 1.95 bits per heavy atom. The monoisotopic (exact) mass is 437 g/mol. The van der Waals surface area contributed by atoms with Crippen molar-refractivity contribution in [2.75, 3.05) is 12.4 Å². The first kappa shape index (κ1) is 22.6. The molecule has 0 rings (SSSR count). The van der Waals surface area contributed by atoms with E-state index in [1.165, 1.54) is 66.7 Å². The maximum atomic E-state index is 11.8. The number of rotatable bonds is 16. The van der Waals surface area contributed by atoms with Crippen LogP contribution >= 0.6 is 8.95 Å². The molecule has 0 atom stereocenters. The van der Waals surface area contributed by atoms with Crippen LogP contribution in [-0.4, -0.2) is 36.7 Å². The van der Waals surface area contributed by atoms with Gasteiger partial charge in [-0.2, -0.15) is 0 Å². The van der Waals surface area contributed by atoms with E-state index < -0.39 is 18.4 Å².